The van der Waals surface area contributed by atoms with Gasteiger partial charge in [0, 0.05) is 23.1 Å². The second kappa shape index (κ2) is 7.08. The van der Waals surface area contributed by atoms with E-state index in [1.165, 1.54) is 0 Å². The highest BCUT2D eigenvalue weighted by Crippen LogP contribution is 2.35. The molecule has 2 aromatic heterocycles. The lowest BCUT2D eigenvalue weighted by Crippen LogP contribution is -2.00. The van der Waals surface area contributed by atoms with Crippen LogP contribution >= 0.6 is 11.8 Å². The molecule has 1 aromatic carbocycles. The Labute approximate surface area is 165 Å². The minimum atomic E-state index is -1.03. The van der Waals surface area contributed by atoms with Crippen molar-refractivity contribution < 1.29 is 19.4 Å². The van der Waals surface area contributed by atoms with Crippen molar-refractivity contribution >= 4 is 23.8 Å². The Kier molecular flexibility index (Phi) is 4.60. The zero-order valence-corrected chi connectivity index (χ0v) is 16.3. The molecule has 0 saturated heterocycles. The molecule has 4 rings (SSSR count). The number of aromatic nitrogens is 4. The van der Waals surface area contributed by atoms with Crippen molar-refractivity contribution in [2.75, 3.05) is 6.79 Å². The third kappa shape index (κ3) is 3.36. The molecule has 0 bridgehead atoms. The van der Waals surface area contributed by atoms with Gasteiger partial charge >= 0.3 is 5.97 Å². The quantitative estimate of drug-likeness (QED) is 0.501. The van der Waals surface area contributed by atoms with Crippen LogP contribution in [0.2, 0.25) is 0 Å². The maximum atomic E-state index is 11.7. The topological polar surface area (TPSA) is 102 Å². The van der Waals surface area contributed by atoms with E-state index in [9.17, 15) is 9.90 Å². The van der Waals surface area contributed by atoms with Gasteiger partial charge in [-0.05, 0) is 62.4 Å². The van der Waals surface area contributed by atoms with Gasteiger partial charge in [-0.15, -0.1) is 5.10 Å². The van der Waals surface area contributed by atoms with Crippen molar-refractivity contribution in [3.05, 3.63) is 51.9 Å². The molecule has 2 N–H and O–H groups in total. The van der Waals surface area contributed by atoms with E-state index >= 15 is 0 Å². The largest absolute Gasteiger partial charge is 0.477 e. The number of carboxylic acids is 1. The SMILES string of the molecule is Cc1nc(S/C(=C/c2cc(C)n(-c3ccc4c(c3)OCO4)c2C)C(=O)O)n[nH]1. The Morgan fingerprint density at radius 3 is 2.75 bits per heavy atom. The number of nitrogens with zero attached hydrogens (tertiary/aromatic N) is 3. The Hall–Kier alpha value is -3.20. The molecule has 144 valence electrons. The summed E-state index contributed by atoms with van der Waals surface area (Å²) in [6.45, 7) is 5.90. The number of H-pyrrole nitrogens is 1. The van der Waals surface area contributed by atoms with Gasteiger partial charge in [-0.2, -0.15) is 0 Å². The molecule has 0 aliphatic carbocycles. The van der Waals surface area contributed by atoms with Crippen LogP contribution in [0.4, 0.5) is 0 Å². The number of nitrogens with one attached hydrogen (secondary N) is 1. The van der Waals surface area contributed by atoms with E-state index in [0.29, 0.717) is 16.7 Å². The van der Waals surface area contributed by atoms with Crippen molar-refractivity contribution in [1.29, 1.82) is 0 Å². The van der Waals surface area contributed by atoms with E-state index in [-0.39, 0.29) is 11.7 Å². The first kappa shape index (κ1) is 18.2. The summed E-state index contributed by atoms with van der Waals surface area (Å²) >= 11 is 1.01. The van der Waals surface area contributed by atoms with E-state index in [1.54, 1.807) is 13.0 Å². The predicted octanol–water partition coefficient (Wildman–Crippen LogP) is 3.47. The highest BCUT2D eigenvalue weighted by Gasteiger charge is 2.18. The third-order valence-corrected chi connectivity index (χ3v) is 5.24. The van der Waals surface area contributed by atoms with Crippen LogP contribution in [0.1, 0.15) is 22.8 Å². The lowest BCUT2D eigenvalue weighted by atomic mass is 10.2. The van der Waals surface area contributed by atoms with Crippen molar-refractivity contribution in [1.82, 2.24) is 19.7 Å². The first-order valence-electron chi connectivity index (χ1n) is 8.53. The van der Waals surface area contributed by atoms with Crippen molar-refractivity contribution in [3.8, 4) is 17.2 Å². The Morgan fingerprint density at radius 1 is 1.25 bits per heavy atom. The van der Waals surface area contributed by atoms with Gasteiger partial charge in [0.15, 0.2) is 11.5 Å². The number of aromatic amines is 1. The summed E-state index contributed by atoms with van der Waals surface area (Å²) in [5.74, 6) is 1.02. The molecule has 3 heterocycles. The van der Waals surface area contributed by atoms with Crippen LogP contribution in [0.5, 0.6) is 11.5 Å². The molecular weight excluding hydrogens is 380 g/mol. The number of thioether (sulfide) groups is 1. The Bertz CT molecular complexity index is 1100. The second-order valence-corrected chi connectivity index (χ2v) is 7.33. The summed E-state index contributed by atoms with van der Waals surface area (Å²) in [6, 6.07) is 7.69. The predicted molar refractivity (Wildman–Crippen MR) is 104 cm³/mol. The van der Waals surface area contributed by atoms with E-state index in [1.807, 2.05) is 38.1 Å². The molecule has 28 heavy (non-hydrogen) atoms. The number of carbonyl (C=O) groups is 1. The average Bonchev–Trinajstić information content (AvgIpc) is 3.34. The van der Waals surface area contributed by atoms with Gasteiger partial charge in [0.25, 0.3) is 0 Å². The van der Waals surface area contributed by atoms with Crippen molar-refractivity contribution in [2.24, 2.45) is 0 Å². The lowest BCUT2D eigenvalue weighted by Gasteiger charge is -2.10. The van der Waals surface area contributed by atoms with Gasteiger partial charge < -0.3 is 19.1 Å². The first-order valence-corrected chi connectivity index (χ1v) is 9.35. The van der Waals surface area contributed by atoms with Crippen molar-refractivity contribution in [3.63, 3.8) is 0 Å². The monoisotopic (exact) mass is 398 g/mol. The number of carboxylic acid groups (broad SMARTS) is 1. The maximum absolute atomic E-state index is 11.7. The summed E-state index contributed by atoms with van der Waals surface area (Å²) in [7, 11) is 0. The summed E-state index contributed by atoms with van der Waals surface area (Å²) in [6.07, 6.45) is 1.64. The Morgan fingerprint density at radius 2 is 2.04 bits per heavy atom. The first-order chi connectivity index (χ1) is 13.4. The van der Waals surface area contributed by atoms with Crippen LogP contribution in [-0.4, -0.2) is 37.6 Å². The van der Waals surface area contributed by atoms with Crippen LogP contribution < -0.4 is 9.47 Å². The highest BCUT2D eigenvalue weighted by atomic mass is 32.2. The number of aryl methyl sites for hydroxylation is 2. The molecule has 0 saturated carbocycles. The molecule has 1 aliphatic rings. The van der Waals surface area contributed by atoms with Crippen LogP contribution in [-0.2, 0) is 4.79 Å². The molecule has 0 spiro atoms. The van der Waals surface area contributed by atoms with Crippen LogP contribution in [0, 0.1) is 20.8 Å². The van der Waals surface area contributed by atoms with Crippen LogP contribution in [0.25, 0.3) is 11.8 Å². The molecule has 3 aromatic rings. The number of rotatable bonds is 5. The molecule has 9 heteroatoms. The number of hydrogen-bond acceptors (Lipinski definition) is 6. The zero-order valence-electron chi connectivity index (χ0n) is 15.5. The minimum absolute atomic E-state index is 0.143. The van der Waals surface area contributed by atoms with E-state index in [2.05, 4.69) is 19.7 Å². The molecule has 0 fully saturated rings. The second-order valence-electron chi connectivity index (χ2n) is 6.32. The van der Waals surface area contributed by atoms with Crippen LogP contribution in [0.15, 0.2) is 34.3 Å². The normalized spacial score (nSPS) is 13.2. The highest BCUT2D eigenvalue weighted by molar-refractivity contribution is 8.04. The summed E-state index contributed by atoms with van der Waals surface area (Å²) in [5, 5.41) is 16.7. The van der Waals surface area contributed by atoms with E-state index in [4.69, 9.17) is 9.47 Å². The molecule has 0 amide bonds. The maximum Gasteiger partial charge on any atom is 0.342 e. The fraction of sp³-hybridized carbons (Fsp3) is 0.211. The molecule has 0 unspecified atom stereocenters. The Balaban J connectivity index is 1.71. The summed E-state index contributed by atoms with van der Waals surface area (Å²) in [5.41, 5.74) is 3.63. The standard InChI is InChI=1S/C19H18N4O4S/c1-10-6-13(7-17(18(24)25)28-19-20-12(3)21-22-19)11(2)23(10)14-4-5-15-16(8-14)27-9-26-15/h4-8H,9H2,1-3H3,(H,24,25)(H,20,21,22)/b17-7+. The zero-order chi connectivity index (χ0) is 19.8. The molecular formula is C19H18N4O4S. The van der Waals surface area contributed by atoms with Gasteiger partial charge in [0.05, 0.1) is 0 Å². The number of benzene rings is 1. The fourth-order valence-electron chi connectivity index (χ4n) is 3.10. The third-order valence-electron chi connectivity index (χ3n) is 4.36. The van der Waals surface area contributed by atoms with E-state index in [0.717, 1.165) is 40.2 Å². The average molecular weight is 398 g/mol. The molecule has 1 aliphatic heterocycles. The molecule has 0 radical (unpaired) electrons. The fourth-order valence-corrected chi connectivity index (χ4v) is 3.84. The number of ether oxygens (including phenoxy) is 2. The smallest absolute Gasteiger partial charge is 0.342 e. The van der Waals surface area contributed by atoms with Gasteiger partial charge in [0.2, 0.25) is 11.9 Å². The summed E-state index contributed by atoms with van der Waals surface area (Å²) < 4.78 is 12.9. The minimum Gasteiger partial charge on any atom is -0.477 e. The number of hydrogen-bond donors (Lipinski definition) is 2. The summed E-state index contributed by atoms with van der Waals surface area (Å²) in [4.78, 5) is 16.0. The van der Waals surface area contributed by atoms with Gasteiger partial charge in [0.1, 0.15) is 10.7 Å². The van der Waals surface area contributed by atoms with Gasteiger partial charge in [-0.1, -0.05) is 0 Å². The van der Waals surface area contributed by atoms with Gasteiger partial charge in [-0.25, -0.2) is 9.78 Å². The number of aliphatic carboxylic acids is 1. The van der Waals surface area contributed by atoms with Crippen molar-refractivity contribution in [2.45, 2.75) is 25.9 Å². The number of fused-ring (bicyclic) bond motifs is 1. The molecule has 0 atom stereocenters. The van der Waals surface area contributed by atoms with Crippen LogP contribution in [0.3, 0.4) is 0 Å². The lowest BCUT2D eigenvalue weighted by molar-refractivity contribution is -0.131. The van der Waals surface area contributed by atoms with E-state index < -0.39 is 5.97 Å². The van der Waals surface area contributed by atoms with Gasteiger partial charge in [-0.3, -0.25) is 5.10 Å². The molecule has 8 nitrogen and oxygen atoms in total.